The van der Waals surface area contributed by atoms with E-state index in [1.165, 1.54) is 10.5 Å². The van der Waals surface area contributed by atoms with E-state index in [-0.39, 0.29) is 6.54 Å². The third kappa shape index (κ3) is 3.14. The van der Waals surface area contributed by atoms with Gasteiger partial charge in [0.2, 0.25) is 0 Å². The first-order valence-corrected chi connectivity index (χ1v) is 7.52. The highest BCUT2D eigenvalue weighted by molar-refractivity contribution is 5.72. The molecule has 0 aliphatic carbocycles. The van der Waals surface area contributed by atoms with Crippen LogP contribution in [0.4, 0.5) is 4.79 Å². The van der Waals surface area contributed by atoms with Crippen molar-refractivity contribution in [1.82, 2.24) is 9.88 Å². The van der Waals surface area contributed by atoms with Gasteiger partial charge in [-0.05, 0) is 52.7 Å². The number of ether oxygens (including phenoxy) is 1. The summed E-state index contributed by atoms with van der Waals surface area (Å²) >= 11 is 0. The molecule has 1 aromatic heterocycles. The van der Waals surface area contributed by atoms with Crippen molar-refractivity contribution in [2.24, 2.45) is 0 Å². The molecule has 2 rings (SSSR count). The highest BCUT2D eigenvalue weighted by Crippen LogP contribution is 2.41. The van der Waals surface area contributed by atoms with Crippen molar-refractivity contribution < 1.29 is 14.6 Å². The lowest BCUT2D eigenvalue weighted by Crippen LogP contribution is -2.54. The van der Waals surface area contributed by atoms with E-state index in [4.69, 9.17) is 4.74 Å². The molecule has 0 unspecified atom stereocenters. The molecule has 1 aromatic rings. The highest BCUT2D eigenvalue weighted by Gasteiger charge is 2.58. The largest absolute Gasteiger partial charge is 0.438 e. The molecule has 1 saturated heterocycles. The summed E-state index contributed by atoms with van der Waals surface area (Å²) in [5, 5.41) is 10.9. The molecular weight excluding hydrogens is 280 g/mol. The van der Waals surface area contributed by atoms with E-state index in [9.17, 15) is 9.90 Å². The second-order valence-corrected chi connectivity index (χ2v) is 6.35. The SMILES string of the molecule is CC(C)=CCC[C@]1(C)OC(=O)N(Cc2ccccn2)[C@]1(C)O. The molecule has 1 fully saturated rings. The maximum Gasteiger partial charge on any atom is 0.413 e. The zero-order chi connectivity index (χ0) is 16.4. The van der Waals surface area contributed by atoms with Gasteiger partial charge in [-0.1, -0.05) is 17.7 Å². The maximum absolute atomic E-state index is 12.2. The predicted octanol–water partition coefficient (Wildman–Crippen LogP) is 3.25. The normalized spacial score (nSPS) is 27.7. The number of carbonyl (C=O) groups is 1. The van der Waals surface area contributed by atoms with Gasteiger partial charge in [0.25, 0.3) is 0 Å². The molecule has 0 radical (unpaired) electrons. The molecule has 1 aliphatic rings. The number of allylic oxidation sites excluding steroid dienone is 2. The van der Waals surface area contributed by atoms with Crippen molar-refractivity contribution in [3.05, 3.63) is 41.7 Å². The van der Waals surface area contributed by atoms with Crippen LogP contribution in [0.2, 0.25) is 0 Å². The van der Waals surface area contributed by atoms with E-state index < -0.39 is 17.4 Å². The minimum Gasteiger partial charge on any atom is -0.438 e. The number of rotatable bonds is 5. The van der Waals surface area contributed by atoms with Crippen LogP contribution < -0.4 is 0 Å². The average molecular weight is 304 g/mol. The molecular formula is C17H24N2O3. The lowest BCUT2D eigenvalue weighted by molar-refractivity contribution is -0.141. The minimum atomic E-state index is -1.38. The highest BCUT2D eigenvalue weighted by atomic mass is 16.6. The Morgan fingerprint density at radius 2 is 2.14 bits per heavy atom. The number of amides is 1. The lowest BCUT2D eigenvalue weighted by atomic mass is 9.88. The molecule has 2 heterocycles. The number of carbonyl (C=O) groups excluding carboxylic acids is 1. The standard InChI is InChI=1S/C17H24N2O3/c1-13(2)8-7-10-16(3)17(4,21)19(15(20)22-16)12-14-9-5-6-11-18-14/h5-6,8-9,11,21H,7,10,12H2,1-4H3/t16-,17+/m0/s1. The van der Waals surface area contributed by atoms with Gasteiger partial charge in [0, 0.05) is 6.20 Å². The summed E-state index contributed by atoms with van der Waals surface area (Å²) in [6.07, 6.45) is 4.56. The summed E-state index contributed by atoms with van der Waals surface area (Å²) in [6.45, 7) is 7.68. The van der Waals surface area contributed by atoms with Crippen LogP contribution in [0.1, 0.15) is 46.2 Å². The number of cyclic esters (lactones) is 1. The Labute approximate surface area is 131 Å². The van der Waals surface area contributed by atoms with Gasteiger partial charge in [-0.15, -0.1) is 0 Å². The zero-order valence-corrected chi connectivity index (χ0v) is 13.7. The van der Waals surface area contributed by atoms with Gasteiger partial charge >= 0.3 is 6.09 Å². The average Bonchev–Trinajstić information content (AvgIpc) is 2.60. The summed E-state index contributed by atoms with van der Waals surface area (Å²) in [5.74, 6) is 0. The molecule has 1 amide bonds. The van der Waals surface area contributed by atoms with Crippen molar-refractivity contribution in [3.8, 4) is 0 Å². The Hall–Kier alpha value is -1.88. The van der Waals surface area contributed by atoms with Gasteiger partial charge in [-0.25, -0.2) is 4.79 Å². The van der Waals surface area contributed by atoms with Gasteiger partial charge in [0.05, 0.1) is 12.2 Å². The van der Waals surface area contributed by atoms with Crippen molar-refractivity contribution in [2.75, 3.05) is 0 Å². The smallest absolute Gasteiger partial charge is 0.413 e. The van der Waals surface area contributed by atoms with Crippen molar-refractivity contribution in [3.63, 3.8) is 0 Å². The molecule has 0 spiro atoms. The molecule has 5 nitrogen and oxygen atoms in total. The van der Waals surface area contributed by atoms with E-state index in [1.54, 1.807) is 20.0 Å². The fraction of sp³-hybridized carbons (Fsp3) is 0.529. The second kappa shape index (κ2) is 6.08. The summed E-state index contributed by atoms with van der Waals surface area (Å²) in [6, 6.07) is 5.49. The van der Waals surface area contributed by atoms with E-state index in [0.29, 0.717) is 12.1 Å². The third-order valence-electron chi connectivity index (χ3n) is 4.28. The number of pyridine rings is 1. The van der Waals surface area contributed by atoms with E-state index in [0.717, 1.165) is 6.42 Å². The lowest BCUT2D eigenvalue weighted by Gasteiger charge is -2.37. The minimum absolute atomic E-state index is 0.227. The van der Waals surface area contributed by atoms with E-state index >= 15 is 0 Å². The third-order valence-corrected chi connectivity index (χ3v) is 4.28. The number of aliphatic hydroxyl groups is 1. The van der Waals surface area contributed by atoms with Crippen LogP contribution in [-0.4, -0.2) is 32.4 Å². The molecule has 0 bridgehead atoms. The fourth-order valence-electron chi connectivity index (χ4n) is 2.60. The second-order valence-electron chi connectivity index (χ2n) is 6.35. The summed E-state index contributed by atoms with van der Waals surface area (Å²) in [4.78, 5) is 17.8. The first-order valence-electron chi connectivity index (χ1n) is 7.52. The Balaban J connectivity index is 2.16. The molecule has 2 atom stereocenters. The molecule has 0 aromatic carbocycles. The van der Waals surface area contributed by atoms with Gasteiger partial charge in [-0.2, -0.15) is 0 Å². The zero-order valence-electron chi connectivity index (χ0n) is 13.7. The van der Waals surface area contributed by atoms with E-state index in [2.05, 4.69) is 11.1 Å². The fourth-order valence-corrected chi connectivity index (χ4v) is 2.60. The first-order chi connectivity index (χ1) is 10.3. The van der Waals surface area contributed by atoms with Crippen LogP contribution in [0.3, 0.4) is 0 Å². The van der Waals surface area contributed by atoms with Crippen molar-refractivity contribution in [2.45, 2.75) is 58.4 Å². The molecule has 5 heteroatoms. The molecule has 1 N–H and O–H groups in total. The van der Waals surface area contributed by atoms with Crippen LogP contribution in [-0.2, 0) is 11.3 Å². The first kappa shape index (κ1) is 16.5. The van der Waals surface area contributed by atoms with Crippen LogP contribution in [0.15, 0.2) is 36.0 Å². The van der Waals surface area contributed by atoms with Gasteiger partial charge in [0.15, 0.2) is 11.3 Å². The summed E-state index contributed by atoms with van der Waals surface area (Å²) in [7, 11) is 0. The molecule has 0 saturated carbocycles. The van der Waals surface area contributed by atoms with E-state index in [1.807, 2.05) is 32.0 Å². The Morgan fingerprint density at radius 1 is 1.41 bits per heavy atom. The van der Waals surface area contributed by atoms with Crippen LogP contribution in [0, 0.1) is 0 Å². The predicted molar refractivity (Wildman–Crippen MR) is 84.0 cm³/mol. The van der Waals surface area contributed by atoms with Crippen LogP contribution in [0.5, 0.6) is 0 Å². The molecule has 1 aliphatic heterocycles. The van der Waals surface area contributed by atoms with Gasteiger partial charge in [0.1, 0.15) is 0 Å². The van der Waals surface area contributed by atoms with Crippen LogP contribution in [0.25, 0.3) is 0 Å². The summed E-state index contributed by atoms with van der Waals surface area (Å²) in [5.41, 5.74) is -0.395. The Kier molecular flexibility index (Phi) is 4.56. The van der Waals surface area contributed by atoms with Gasteiger partial charge in [-0.3, -0.25) is 9.88 Å². The maximum atomic E-state index is 12.2. The Bertz CT molecular complexity index is 565. The molecule has 120 valence electrons. The Morgan fingerprint density at radius 3 is 2.73 bits per heavy atom. The monoisotopic (exact) mass is 304 g/mol. The number of hydrogen-bond acceptors (Lipinski definition) is 4. The van der Waals surface area contributed by atoms with Crippen molar-refractivity contribution >= 4 is 6.09 Å². The quantitative estimate of drug-likeness (QED) is 0.848. The summed E-state index contributed by atoms with van der Waals surface area (Å²) < 4.78 is 5.51. The number of hydrogen-bond donors (Lipinski definition) is 1. The van der Waals surface area contributed by atoms with Crippen molar-refractivity contribution in [1.29, 1.82) is 0 Å². The molecule has 22 heavy (non-hydrogen) atoms. The number of nitrogens with zero attached hydrogens (tertiary/aromatic N) is 2. The van der Waals surface area contributed by atoms with Crippen LogP contribution >= 0.6 is 0 Å². The number of aromatic nitrogens is 1. The van der Waals surface area contributed by atoms with Gasteiger partial charge < -0.3 is 9.84 Å². The topological polar surface area (TPSA) is 62.7 Å².